The van der Waals surface area contributed by atoms with E-state index in [1.165, 1.54) is 12.1 Å². The van der Waals surface area contributed by atoms with E-state index < -0.39 is 30.2 Å². The van der Waals surface area contributed by atoms with Crippen molar-refractivity contribution in [3.05, 3.63) is 170 Å². The largest absolute Gasteiger partial charge is 0.507 e. The van der Waals surface area contributed by atoms with E-state index in [-0.39, 0.29) is 67.7 Å². The maximum atomic E-state index is 11.0. The molecule has 0 aliphatic carbocycles. The van der Waals surface area contributed by atoms with Gasteiger partial charge in [-0.15, -0.1) is 0 Å². The molecule has 0 saturated carbocycles. The molecule has 1 heterocycles. The maximum absolute atomic E-state index is 11.0. The molecule has 0 fully saturated rings. The molecule has 0 unspecified atom stereocenters. The quantitative estimate of drug-likeness (QED) is 0.187. The molecule has 0 saturated heterocycles. The van der Waals surface area contributed by atoms with Crippen molar-refractivity contribution in [2.45, 2.75) is 9.79 Å². The van der Waals surface area contributed by atoms with Crippen molar-refractivity contribution < 1.29 is 17.4 Å². The molecule has 0 aliphatic rings. The van der Waals surface area contributed by atoms with Crippen LogP contribution in [0, 0.1) is 0 Å². The molecule has 4 nitrogen and oxygen atoms in total. The summed E-state index contributed by atoms with van der Waals surface area (Å²) in [5.74, 6) is 0.764. The number of nitrogens with zero attached hydrogens (tertiary/aromatic N) is 3. The molecular formula is C43H29N3OS. The smallest absolute Gasteiger partial charge is 0.164 e. The zero-order valence-electron chi connectivity index (χ0n) is 34.2. The lowest BCUT2D eigenvalue weighted by Crippen LogP contribution is -2.00. The Labute approximate surface area is 296 Å². The maximum Gasteiger partial charge on any atom is 0.164 e. The Morgan fingerprint density at radius 2 is 1.08 bits per heavy atom. The van der Waals surface area contributed by atoms with Gasteiger partial charge in [0.25, 0.3) is 0 Å². The van der Waals surface area contributed by atoms with E-state index in [1.807, 2.05) is 97.1 Å². The summed E-state index contributed by atoms with van der Waals surface area (Å²) >= 11 is 0.903. The standard InChI is InChI=1S/C43H29N3OS/c47-39-28-34(29-11-3-1-4-12-29)25-26-37(39)31-21-23-33(24-22-31)42-44-41(32-14-5-2-6-15-32)45-43(46-42)35-17-9-18-36(27-35)48-40-20-10-16-30-13-7-8-19-38(30)40/h1-28,47H/i7D,8D,9D,10D,13D,16D,17D,18D,19D. The fourth-order valence-electron chi connectivity index (χ4n) is 5.30. The van der Waals surface area contributed by atoms with E-state index in [0.29, 0.717) is 22.5 Å². The average molecular weight is 645 g/mol. The first-order chi connectivity index (χ1) is 27.4. The minimum absolute atomic E-state index is 0.0205. The molecule has 228 valence electrons. The molecule has 7 aromatic carbocycles. The number of rotatable bonds is 7. The van der Waals surface area contributed by atoms with Crippen LogP contribution in [0.15, 0.2) is 179 Å². The van der Waals surface area contributed by atoms with Gasteiger partial charge in [0, 0.05) is 32.0 Å². The number of phenolic OH excluding ortho intramolecular Hbond substituents is 1. The number of benzene rings is 7. The Balaban J connectivity index is 1.23. The van der Waals surface area contributed by atoms with Gasteiger partial charge in [-0.3, -0.25) is 0 Å². The number of fused-ring (bicyclic) bond motifs is 1. The average Bonchev–Trinajstić information content (AvgIpc) is 3.24. The fraction of sp³-hybridized carbons (Fsp3) is 0. The van der Waals surface area contributed by atoms with Crippen molar-refractivity contribution >= 4 is 22.5 Å². The van der Waals surface area contributed by atoms with Gasteiger partial charge in [0.05, 0.1) is 12.3 Å². The van der Waals surface area contributed by atoms with Gasteiger partial charge in [-0.25, -0.2) is 15.0 Å². The van der Waals surface area contributed by atoms with Gasteiger partial charge in [0.2, 0.25) is 0 Å². The molecule has 8 rings (SSSR count). The number of hydrogen-bond donors (Lipinski definition) is 1. The van der Waals surface area contributed by atoms with Crippen LogP contribution < -0.4 is 0 Å². The van der Waals surface area contributed by atoms with E-state index in [2.05, 4.69) is 0 Å². The van der Waals surface area contributed by atoms with Crippen LogP contribution in [-0.2, 0) is 0 Å². The molecule has 0 radical (unpaired) electrons. The lowest BCUT2D eigenvalue weighted by atomic mass is 9.98. The molecule has 8 aromatic rings. The highest BCUT2D eigenvalue weighted by Crippen LogP contribution is 2.37. The third-order valence-electron chi connectivity index (χ3n) is 7.68. The van der Waals surface area contributed by atoms with Crippen molar-refractivity contribution in [3.63, 3.8) is 0 Å². The van der Waals surface area contributed by atoms with Crippen LogP contribution in [0.2, 0.25) is 0 Å². The second-order valence-electron chi connectivity index (χ2n) is 10.8. The summed E-state index contributed by atoms with van der Waals surface area (Å²) in [7, 11) is 0. The predicted octanol–water partition coefficient (Wildman–Crippen LogP) is 11.2. The third-order valence-corrected chi connectivity index (χ3v) is 8.66. The van der Waals surface area contributed by atoms with Crippen LogP contribution in [0.5, 0.6) is 5.75 Å². The fourth-order valence-corrected chi connectivity index (χ4v) is 6.19. The summed E-state index contributed by atoms with van der Waals surface area (Å²) in [4.78, 5) is 14.6. The highest BCUT2D eigenvalue weighted by Gasteiger charge is 2.14. The topological polar surface area (TPSA) is 58.9 Å². The molecule has 48 heavy (non-hydrogen) atoms. The SMILES string of the molecule is [2H]c1cc(Sc2cc(-c3nc(-c4ccccc4)nc(-c4ccc(-c5ccc(-c6ccccc6)cc5O)cc4)n3)c([2H])c([2H])c2[2H])c2c([2H])c([2H])c([2H])c([2H])c2c1[2H]. The zero-order valence-corrected chi connectivity index (χ0v) is 26.0. The molecule has 0 spiro atoms. The summed E-state index contributed by atoms with van der Waals surface area (Å²) in [6, 6.07) is 31.1. The van der Waals surface area contributed by atoms with Crippen LogP contribution in [-0.4, -0.2) is 20.1 Å². The monoisotopic (exact) mass is 644 g/mol. The van der Waals surface area contributed by atoms with E-state index in [0.717, 1.165) is 28.5 Å². The van der Waals surface area contributed by atoms with E-state index in [9.17, 15) is 5.11 Å². The van der Waals surface area contributed by atoms with Crippen molar-refractivity contribution in [2.75, 3.05) is 0 Å². The van der Waals surface area contributed by atoms with E-state index >= 15 is 0 Å². The Kier molecular flexibility index (Phi) is 5.67. The molecule has 0 bridgehead atoms. The molecule has 1 aromatic heterocycles. The van der Waals surface area contributed by atoms with Crippen LogP contribution in [0.1, 0.15) is 12.3 Å². The number of phenols is 1. The van der Waals surface area contributed by atoms with Gasteiger partial charge in [-0.2, -0.15) is 0 Å². The highest BCUT2D eigenvalue weighted by molar-refractivity contribution is 7.99. The lowest BCUT2D eigenvalue weighted by Gasteiger charge is -2.11. The molecule has 0 aliphatic heterocycles. The highest BCUT2D eigenvalue weighted by atomic mass is 32.2. The van der Waals surface area contributed by atoms with Crippen LogP contribution >= 0.6 is 11.8 Å². The van der Waals surface area contributed by atoms with Gasteiger partial charge in [0.1, 0.15) is 5.75 Å². The van der Waals surface area contributed by atoms with Crippen LogP contribution in [0.3, 0.4) is 0 Å². The third kappa shape index (κ3) is 6.07. The minimum Gasteiger partial charge on any atom is -0.507 e. The second-order valence-corrected chi connectivity index (χ2v) is 11.9. The Bertz CT molecular complexity index is 2880. The van der Waals surface area contributed by atoms with Gasteiger partial charge in [-0.1, -0.05) is 157 Å². The summed E-state index contributed by atoms with van der Waals surface area (Å²) in [5.41, 5.74) is 4.68. The molecule has 5 heteroatoms. The first kappa shape index (κ1) is 21.0. The molecular weight excluding hydrogens is 607 g/mol. The Morgan fingerprint density at radius 3 is 1.81 bits per heavy atom. The number of hydrogen-bond acceptors (Lipinski definition) is 5. The van der Waals surface area contributed by atoms with Crippen molar-refractivity contribution in [1.82, 2.24) is 15.0 Å². The first-order valence-corrected chi connectivity index (χ1v) is 15.8. The normalized spacial score (nSPS) is 13.7. The number of aromatic hydroxyl groups is 1. The Morgan fingerprint density at radius 1 is 0.479 bits per heavy atom. The van der Waals surface area contributed by atoms with Gasteiger partial charge < -0.3 is 5.11 Å². The van der Waals surface area contributed by atoms with Gasteiger partial charge in [-0.05, 0) is 51.7 Å². The van der Waals surface area contributed by atoms with Gasteiger partial charge in [0.15, 0.2) is 17.5 Å². The van der Waals surface area contributed by atoms with Crippen LogP contribution in [0.25, 0.3) is 67.2 Å². The summed E-state index contributed by atoms with van der Waals surface area (Å²) in [6.45, 7) is 0. The minimum atomic E-state index is -0.525. The Hall–Kier alpha value is -6.04. The van der Waals surface area contributed by atoms with Gasteiger partial charge >= 0.3 is 0 Å². The number of aromatic nitrogens is 3. The summed E-state index contributed by atoms with van der Waals surface area (Å²) < 4.78 is 76.8. The zero-order chi connectivity index (χ0) is 40.1. The predicted molar refractivity (Wildman–Crippen MR) is 197 cm³/mol. The molecule has 0 amide bonds. The van der Waals surface area contributed by atoms with Crippen molar-refractivity contribution in [3.8, 4) is 62.2 Å². The second kappa shape index (κ2) is 13.0. The lowest BCUT2D eigenvalue weighted by molar-refractivity contribution is 0.477. The van der Waals surface area contributed by atoms with Crippen molar-refractivity contribution in [2.24, 2.45) is 0 Å². The molecule has 1 N–H and O–H groups in total. The van der Waals surface area contributed by atoms with Crippen LogP contribution in [0.4, 0.5) is 0 Å². The first-order valence-electron chi connectivity index (χ1n) is 19.5. The summed E-state index contributed by atoms with van der Waals surface area (Å²) in [6.07, 6.45) is 0. The summed E-state index contributed by atoms with van der Waals surface area (Å²) in [5, 5.41) is 10.9. The van der Waals surface area contributed by atoms with E-state index in [1.54, 1.807) is 6.07 Å². The van der Waals surface area contributed by atoms with E-state index in [4.69, 9.17) is 27.3 Å². The van der Waals surface area contributed by atoms with Crippen molar-refractivity contribution in [1.29, 1.82) is 0 Å². The molecule has 0 atom stereocenters.